The number of nitrogens with one attached hydrogen (secondary N) is 5. The summed E-state index contributed by atoms with van der Waals surface area (Å²) in [5.41, 5.74) is 2.39. The molecule has 328 valence electrons. The Morgan fingerprint density at radius 2 is 1.62 bits per heavy atom. The van der Waals surface area contributed by atoms with E-state index in [1.54, 1.807) is 13.8 Å². The molecule has 1 aliphatic heterocycles. The number of nitrogens with zero attached hydrogens (tertiary/aromatic N) is 3. The Balaban J connectivity index is 1.29. The monoisotopic (exact) mass is 838 g/mol. The van der Waals surface area contributed by atoms with Crippen molar-refractivity contribution in [3.8, 4) is 0 Å². The predicted molar refractivity (Wildman–Crippen MR) is 229 cm³/mol. The topological polar surface area (TPSA) is 212 Å². The van der Waals surface area contributed by atoms with Gasteiger partial charge >= 0.3 is 0 Å². The molecule has 3 heterocycles. The first-order chi connectivity index (χ1) is 29.0. The van der Waals surface area contributed by atoms with Crippen LogP contribution in [0.15, 0.2) is 30.6 Å². The lowest BCUT2D eigenvalue weighted by Crippen LogP contribution is -2.62. The summed E-state index contributed by atoms with van der Waals surface area (Å²) >= 11 is 0. The van der Waals surface area contributed by atoms with Gasteiger partial charge in [-0.25, -0.2) is 9.97 Å². The van der Waals surface area contributed by atoms with Gasteiger partial charge in [-0.2, -0.15) is 0 Å². The summed E-state index contributed by atoms with van der Waals surface area (Å²) < 4.78 is 0. The number of rotatable bonds is 16. The molecule has 5 amide bonds. The molecule has 6 rings (SSSR count). The first kappa shape index (κ1) is 45.1. The van der Waals surface area contributed by atoms with Crippen molar-refractivity contribution in [2.24, 2.45) is 17.3 Å². The smallest absolute Gasteiger partial charge is 0.289 e. The number of likely N-dealkylation sites (tertiary alicyclic amines) is 1. The summed E-state index contributed by atoms with van der Waals surface area (Å²) in [6, 6.07) is 3.36. The summed E-state index contributed by atoms with van der Waals surface area (Å²) in [5, 5.41) is 12.4. The van der Waals surface area contributed by atoms with Gasteiger partial charge in [0.25, 0.3) is 11.8 Å². The third-order valence-electron chi connectivity index (χ3n) is 12.6. The van der Waals surface area contributed by atoms with Crippen LogP contribution in [0.2, 0.25) is 0 Å². The standard InChI is InChI=1S/C46H62N8O7/c1-8-14-33(39(56)44(60)50-30-19-20-30)51-41(57)35-22-28(21-34-31-17-12-13-18-32(31)47-24-48-34)23-54(35)45(61)40(46(5,6)7)53-42(58)37(29-15-10-9-11-16-29)52-43(59)38-36(27(4)55)25(2)26(3)49-38/h12-13,17-18,24,28-30,33,35,37,40,49H,8-11,14-16,19-23H2,1-7H3,(H,50,60)(H,51,57)(H,52,59)(H,53,58)/t28-,33+,35+,37+,40-/m1/s1. The van der Waals surface area contributed by atoms with Gasteiger partial charge in [-0.1, -0.05) is 71.6 Å². The van der Waals surface area contributed by atoms with E-state index in [2.05, 4.69) is 36.2 Å². The zero-order valence-corrected chi connectivity index (χ0v) is 36.6. The van der Waals surface area contributed by atoms with E-state index in [0.717, 1.165) is 48.7 Å². The number of aromatic nitrogens is 3. The minimum atomic E-state index is -1.13. The van der Waals surface area contributed by atoms with Crippen LogP contribution >= 0.6 is 0 Å². The Morgan fingerprint density at radius 3 is 2.28 bits per heavy atom. The molecule has 5 atom stereocenters. The highest BCUT2D eigenvalue weighted by Gasteiger charge is 2.47. The van der Waals surface area contributed by atoms with E-state index in [4.69, 9.17) is 0 Å². The third-order valence-corrected chi connectivity index (χ3v) is 12.6. The fourth-order valence-electron chi connectivity index (χ4n) is 8.98. The quantitative estimate of drug-likeness (QED) is 0.101. The van der Waals surface area contributed by atoms with Crippen molar-refractivity contribution in [2.45, 2.75) is 149 Å². The fourth-order valence-corrected chi connectivity index (χ4v) is 8.98. The van der Waals surface area contributed by atoms with E-state index in [1.165, 1.54) is 18.2 Å². The van der Waals surface area contributed by atoms with Crippen molar-refractivity contribution in [3.05, 3.63) is 58.8 Å². The molecule has 61 heavy (non-hydrogen) atoms. The first-order valence-corrected chi connectivity index (χ1v) is 21.9. The number of fused-ring (bicyclic) bond motifs is 1. The van der Waals surface area contributed by atoms with Crippen LogP contribution in [0.25, 0.3) is 10.9 Å². The van der Waals surface area contributed by atoms with Gasteiger partial charge in [-0.3, -0.25) is 33.6 Å². The molecule has 0 spiro atoms. The molecular weight excluding hydrogens is 777 g/mol. The number of H-pyrrole nitrogens is 1. The summed E-state index contributed by atoms with van der Waals surface area (Å²) in [7, 11) is 0. The Bertz CT molecular complexity index is 2160. The lowest BCUT2D eigenvalue weighted by Gasteiger charge is -2.37. The Kier molecular flexibility index (Phi) is 14.1. The van der Waals surface area contributed by atoms with Crippen molar-refractivity contribution in [1.29, 1.82) is 0 Å². The van der Waals surface area contributed by atoms with E-state index in [-0.39, 0.29) is 54.3 Å². The van der Waals surface area contributed by atoms with Crippen molar-refractivity contribution >= 4 is 52.0 Å². The molecule has 0 radical (unpaired) electrons. The molecule has 0 bridgehead atoms. The zero-order chi connectivity index (χ0) is 44.2. The molecular formula is C46H62N8O7. The van der Waals surface area contributed by atoms with Crippen molar-refractivity contribution in [1.82, 2.24) is 41.1 Å². The highest BCUT2D eigenvalue weighted by molar-refractivity contribution is 6.38. The third kappa shape index (κ3) is 10.5. The van der Waals surface area contributed by atoms with Crippen LogP contribution in [0.4, 0.5) is 0 Å². The number of hydrogen-bond acceptors (Lipinski definition) is 9. The average molecular weight is 839 g/mol. The zero-order valence-electron chi connectivity index (χ0n) is 36.6. The number of aryl methyl sites for hydroxylation is 1. The Hall–Kier alpha value is -5.47. The molecule has 3 aromatic rings. The molecule has 2 aliphatic carbocycles. The predicted octanol–water partition coefficient (Wildman–Crippen LogP) is 4.58. The van der Waals surface area contributed by atoms with E-state index in [1.807, 2.05) is 52.0 Å². The largest absolute Gasteiger partial charge is 0.354 e. The normalized spacial score (nSPS) is 19.8. The minimum Gasteiger partial charge on any atom is -0.354 e. The lowest BCUT2D eigenvalue weighted by atomic mass is 9.82. The molecule has 15 nitrogen and oxygen atoms in total. The highest BCUT2D eigenvalue weighted by atomic mass is 16.2. The Morgan fingerprint density at radius 1 is 0.918 bits per heavy atom. The maximum atomic E-state index is 15.1. The van der Waals surface area contributed by atoms with Crippen molar-refractivity contribution in [3.63, 3.8) is 0 Å². The van der Waals surface area contributed by atoms with Gasteiger partial charge in [-0.05, 0) is 94.6 Å². The van der Waals surface area contributed by atoms with E-state index in [0.29, 0.717) is 36.9 Å². The van der Waals surface area contributed by atoms with Gasteiger partial charge in [0.05, 0.1) is 22.8 Å². The number of hydrogen-bond donors (Lipinski definition) is 5. The molecule has 5 N–H and O–H groups in total. The fraction of sp³-hybridized carbons (Fsp3) is 0.587. The van der Waals surface area contributed by atoms with E-state index < -0.39 is 64.9 Å². The minimum absolute atomic E-state index is 0.0357. The van der Waals surface area contributed by atoms with Gasteiger partial charge in [0.1, 0.15) is 30.1 Å². The summed E-state index contributed by atoms with van der Waals surface area (Å²) in [6.07, 6.45) is 8.70. The molecule has 3 fully saturated rings. The first-order valence-electron chi connectivity index (χ1n) is 21.9. The number of carbonyl (C=O) groups excluding carboxylic acids is 7. The van der Waals surface area contributed by atoms with Crippen LogP contribution in [0.1, 0.15) is 137 Å². The number of benzene rings is 1. The second-order valence-corrected chi connectivity index (χ2v) is 18.4. The van der Waals surface area contributed by atoms with E-state index >= 15 is 4.79 Å². The second kappa shape index (κ2) is 19.1. The van der Waals surface area contributed by atoms with Crippen LogP contribution in [0, 0.1) is 31.1 Å². The molecule has 3 aliphatic rings. The lowest BCUT2D eigenvalue weighted by molar-refractivity contribution is -0.145. The highest BCUT2D eigenvalue weighted by Crippen LogP contribution is 2.33. The van der Waals surface area contributed by atoms with Crippen LogP contribution in [-0.4, -0.2) is 97.7 Å². The molecule has 0 unspecified atom stereocenters. The van der Waals surface area contributed by atoms with Crippen LogP contribution < -0.4 is 21.3 Å². The number of para-hydroxylation sites is 1. The summed E-state index contributed by atoms with van der Waals surface area (Å²) in [4.78, 5) is 110. The van der Waals surface area contributed by atoms with E-state index in [9.17, 15) is 28.8 Å². The van der Waals surface area contributed by atoms with Gasteiger partial charge in [0, 0.05) is 23.7 Å². The molecule has 1 saturated heterocycles. The molecule has 2 aromatic heterocycles. The van der Waals surface area contributed by atoms with Crippen LogP contribution in [0.5, 0.6) is 0 Å². The number of aromatic amines is 1. The molecule has 2 saturated carbocycles. The second-order valence-electron chi connectivity index (χ2n) is 18.4. The maximum Gasteiger partial charge on any atom is 0.289 e. The van der Waals surface area contributed by atoms with Crippen LogP contribution in [-0.2, 0) is 30.4 Å². The van der Waals surface area contributed by atoms with Gasteiger partial charge < -0.3 is 31.2 Å². The average Bonchev–Trinajstić information content (AvgIpc) is 3.86. The molecule has 1 aromatic carbocycles. The van der Waals surface area contributed by atoms with Gasteiger partial charge in [-0.15, -0.1) is 0 Å². The van der Waals surface area contributed by atoms with Crippen molar-refractivity contribution < 1.29 is 33.6 Å². The van der Waals surface area contributed by atoms with Crippen LogP contribution in [0.3, 0.4) is 0 Å². The SMILES string of the molecule is CCC[C@H](NC(=O)[C@@H]1C[C@@H](Cc2ncnc3ccccc23)CN1C(=O)[C@@H](NC(=O)[C@@H](NC(=O)c1[nH]c(C)c(C)c1C(C)=O)C1CCCCC1)C(C)(C)C)C(=O)C(=O)NC1CC1. The molecule has 15 heteroatoms. The van der Waals surface area contributed by atoms with Gasteiger partial charge in [0.2, 0.25) is 23.5 Å². The van der Waals surface area contributed by atoms with Gasteiger partial charge in [0.15, 0.2) is 5.78 Å². The number of ketones is 2. The Labute approximate surface area is 357 Å². The van der Waals surface area contributed by atoms with Crippen molar-refractivity contribution in [2.75, 3.05) is 6.54 Å². The number of Topliss-reactive ketones (excluding diaryl/α,β-unsaturated/α-hetero) is 2. The summed E-state index contributed by atoms with van der Waals surface area (Å²) in [6.45, 7) is 12.5. The number of amides is 5. The summed E-state index contributed by atoms with van der Waals surface area (Å²) in [5.74, 6) is -4.32. The maximum absolute atomic E-state index is 15.1. The number of carbonyl (C=O) groups is 7.